The smallest absolute Gasteiger partial charge is 0.780 e. The van der Waals surface area contributed by atoms with Crippen molar-refractivity contribution in [1.29, 1.82) is 0 Å². The summed E-state index contributed by atoms with van der Waals surface area (Å²) in [6, 6.07) is 0. The standard InChI is InChI=1S/C6H9NO6.2Na.H2O3S2/c8-4(9)1-7(2-5(10)11)3-6(12)13;;;1-5(2,3)4/h1-3H2,(H,8,9)(H,10,11)(H,12,13);;;(H2,1,2,3,4)/q;2*+1;/p-2. The predicted octanol–water partition coefficient (Wildman–Crippen LogP) is -8.46. The molecule has 0 aromatic heterocycles. The molecular weight excluding hydrogens is 340 g/mol. The van der Waals surface area contributed by atoms with E-state index in [0.29, 0.717) is 0 Å². The van der Waals surface area contributed by atoms with Crippen LogP contribution in [-0.4, -0.2) is 71.1 Å². The Labute approximate surface area is 163 Å². The van der Waals surface area contributed by atoms with Crippen molar-refractivity contribution in [2.24, 2.45) is 0 Å². The van der Waals surface area contributed by atoms with E-state index in [4.69, 9.17) is 28.6 Å². The molecule has 0 atom stereocenters. The molecule has 0 fully saturated rings. The van der Waals surface area contributed by atoms with Crippen molar-refractivity contribution in [3.05, 3.63) is 0 Å². The SMILES string of the molecule is O=C(O)CN(CC(=O)O)CC(=O)O.O=S([O-])([O-])=S.[Na+].[Na+]. The van der Waals surface area contributed by atoms with E-state index in [0.717, 1.165) is 4.90 Å². The van der Waals surface area contributed by atoms with Gasteiger partial charge in [0, 0.05) is 0 Å². The maximum absolute atomic E-state index is 10.1. The van der Waals surface area contributed by atoms with Crippen molar-refractivity contribution in [3.63, 3.8) is 0 Å². The summed E-state index contributed by atoms with van der Waals surface area (Å²) in [5, 5.41) is 24.8. The van der Waals surface area contributed by atoms with Crippen LogP contribution in [-0.2, 0) is 34.6 Å². The Morgan fingerprint density at radius 2 is 1.05 bits per heavy atom. The molecule has 14 heteroatoms. The number of carboxylic acid groups (broad SMARTS) is 3. The fourth-order valence-corrected chi connectivity index (χ4v) is 0.742. The van der Waals surface area contributed by atoms with Gasteiger partial charge in [0.2, 0.25) is 0 Å². The quantitative estimate of drug-likeness (QED) is 0.388. The number of hydrogen-bond acceptors (Lipinski definition) is 8. The van der Waals surface area contributed by atoms with E-state index in [9.17, 15) is 14.4 Å². The number of nitrogens with zero attached hydrogens (tertiary/aromatic N) is 1. The van der Waals surface area contributed by atoms with E-state index in [2.05, 4.69) is 11.2 Å². The molecule has 0 aromatic carbocycles. The van der Waals surface area contributed by atoms with Gasteiger partial charge in [-0.3, -0.25) is 23.5 Å². The minimum Gasteiger partial charge on any atom is -0.780 e. The van der Waals surface area contributed by atoms with E-state index < -0.39 is 46.6 Å². The van der Waals surface area contributed by atoms with Crippen LogP contribution >= 0.6 is 0 Å². The first-order valence-corrected chi connectivity index (χ1v) is 6.29. The molecular formula is C6H9NNa2O9S2. The number of carbonyl (C=O) groups is 3. The molecule has 106 valence electrons. The number of rotatable bonds is 6. The van der Waals surface area contributed by atoms with Crippen molar-refractivity contribution in [3.8, 4) is 0 Å². The second-order valence-electron chi connectivity index (χ2n) is 2.73. The van der Waals surface area contributed by atoms with Crippen molar-refractivity contribution >= 4 is 38.1 Å². The van der Waals surface area contributed by atoms with Crippen LogP contribution in [0.15, 0.2) is 0 Å². The molecule has 0 amide bonds. The zero-order valence-corrected chi connectivity index (χ0v) is 16.3. The van der Waals surface area contributed by atoms with Crippen LogP contribution < -0.4 is 59.1 Å². The summed E-state index contributed by atoms with van der Waals surface area (Å²) in [6.45, 7) is -1.80. The molecule has 0 saturated carbocycles. The van der Waals surface area contributed by atoms with Gasteiger partial charge in [-0.05, 0) is 11.2 Å². The molecule has 0 bridgehead atoms. The fourth-order valence-electron chi connectivity index (χ4n) is 0.742. The first-order chi connectivity index (χ1) is 7.91. The van der Waals surface area contributed by atoms with Crippen LogP contribution in [0.2, 0.25) is 0 Å². The molecule has 0 aliphatic carbocycles. The van der Waals surface area contributed by atoms with Crippen molar-refractivity contribution in [2.75, 3.05) is 19.6 Å². The van der Waals surface area contributed by atoms with Crippen LogP contribution in [0.1, 0.15) is 0 Å². The Hall–Kier alpha value is 0.660. The minimum absolute atomic E-state index is 0. The molecule has 0 spiro atoms. The molecule has 20 heavy (non-hydrogen) atoms. The van der Waals surface area contributed by atoms with E-state index >= 15 is 0 Å². The number of aliphatic carboxylic acids is 3. The van der Waals surface area contributed by atoms with Gasteiger partial charge in [0.05, 0.1) is 19.6 Å². The Morgan fingerprint density at radius 1 is 0.900 bits per heavy atom. The fraction of sp³-hybridized carbons (Fsp3) is 0.500. The van der Waals surface area contributed by atoms with Gasteiger partial charge in [-0.1, -0.05) is 0 Å². The first kappa shape index (κ1) is 28.8. The average Bonchev–Trinajstić information content (AvgIpc) is 1.94. The van der Waals surface area contributed by atoms with E-state index in [1.807, 2.05) is 0 Å². The molecule has 0 rings (SSSR count). The van der Waals surface area contributed by atoms with E-state index in [-0.39, 0.29) is 59.1 Å². The van der Waals surface area contributed by atoms with Crippen LogP contribution in [0.4, 0.5) is 0 Å². The molecule has 0 radical (unpaired) electrons. The van der Waals surface area contributed by atoms with Gasteiger partial charge in [0.25, 0.3) is 0 Å². The van der Waals surface area contributed by atoms with Gasteiger partial charge in [-0.2, -0.15) is 0 Å². The van der Waals surface area contributed by atoms with Crippen LogP contribution in [0.25, 0.3) is 0 Å². The predicted molar refractivity (Wildman–Crippen MR) is 56.4 cm³/mol. The average molecular weight is 349 g/mol. The van der Waals surface area contributed by atoms with Gasteiger partial charge >= 0.3 is 77.0 Å². The van der Waals surface area contributed by atoms with E-state index in [1.165, 1.54) is 0 Å². The molecule has 10 nitrogen and oxygen atoms in total. The Kier molecular flexibility index (Phi) is 21.0. The molecule has 0 aliphatic heterocycles. The van der Waals surface area contributed by atoms with Crippen LogP contribution in [0.5, 0.6) is 0 Å². The molecule has 0 unspecified atom stereocenters. The third-order valence-corrected chi connectivity index (χ3v) is 1.08. The molecule has 0 aromatic rings. The topological polar surface area (TPSA) is 178 Å². The summed E-state index contributed by atoms with van der Waals surface area (Å²) in [5.41, 5.74) is 0. The van der Waals surface area contributed by atoms with Crippen molar-refractivity contribution in [1.82, 2.24) is 4.90 Å². The van der Waals surface area contributed by atoms with Gasteiger partial charge < -0.3 is 24.4 Å². The van der Waals surface area contributed by atoms with Crippen molar-refractivity contribution in [2.45, 2.75) is 0 Å². The number of carboxylic acids is 3. The third-order valence-electron chi connectivity index (χ3n) is 1.08. The summed E-state index contributed by atoms with van der Waals surface area (Å²) < 4.78 is 26.7. The van der Waals surface area contributed by atoms with Gasteiger partial charge in [0.15, 0.2) is 0 Å². The first-order valence-electron chi connectivity index (χ1n) is 3.96. The molecule has 3 N–H and O–H groups in total. The van der Waals surface area contributed by atoms with Gasteiger partial charge in [-0.25, -0.2) is 0 Å². The summed E-state index contributed by atoms with van der Waals surface area (Å²) >= 11 is 3.24. The molecule has 0 heterocycles. The van der Waals surface area contributed by atoms with Crippen molar-refractivity contribution < 1.29 is 102 Å². The maximum Gasteiger partial charge on any atom is 1.00 e. The summed E-state index contributed by atoms with van der Waals surface area (Å²) in [7, 11) is -4.33. The zero-order chi connectivity index (χ0) is 14.9. The Morgan fingerprint density at radius 3 is 1.15 bits per heavy atom. The minimum atomic E-state index is -4.33. The second kappa shape index (κ2) is 14.6. The van der Waals surface area contributed by atoms with Gasteiger partial charge in [-0.15, -0.1) is 9.05 Å². The Balaban J connectivity index is -0.000000158. The van der Waals surface area contributed by atoms with Gasteiger partial charge in [0.1, 0.15) is 0 Å². The largest absolute Gasteiger partial charge is 1.00 e. The van der Waals surface area contributed by atoms with Crippen LogP contribution in [0.3, 0.4) is 0 Å². The third kappa shape index (κ3) is 36.3. The zero-order valence-electron chi connectivity index (χ0n) is 10.7. The monoisotopic (exact) mass is 349 g/mol. The normalized spacial score (nSPS) is 9.35. The second-order valence-corrected chi connectivity index (χ2v) is 4.78. The molecule has 0 aliphatic rings. The van der Waals surface area contributed by atoms with E-state index in [1.54, 1.807) is 0 Å². The summed E-state index contributed by atoms with van der Waals surface area (Å²) in [5.74, 6) is -3.78. The van der Waals surface area contributed by atoms with Crippen LogP contribution in [0, 0.1) is 0 Å². The summed E-state index contributed by atoms with van der Waals surface area (Å²) in [4.78, 5) is 31.2. The summed E-state index contributed by atoms with van der Waals surface area (Å²) in [6.07, 6.45) is 0. The number of hydrogen-bond donors (Lipinski definition) is 3. The molecule has 0 saturated heterocycles. The Bertz CT molecular complexity index is 367. The maximum atomic E-state index is 10.1.